The molecule has 0 bridgehead atoms. The summed E-state index contributed by atoms with van der Waals surface area (Å²) in [6.45, 7) is 7.70. The molecule has 1 aromatic rings. The van der Waals surface area contributed by atoms with E-state index in [0.29, 0.717) is 24.3 Å². The number of amides is 2. The monoisotopic (exact) mass is 486 g/mol. The summed E-state index contributed by atoms with van der Waals surface area (Å²) in [5, 5.41) is 13.2. The van der Waals surface area contributed by atoms with Crippen molar-refractivity contribution in [2.75, 3.05) is 25.6 Å². The van der Waals surface area contributed by atoms with Crippen molar-refractivity contribution in [1.29, 1.82) is 0 Å². The zero-order chi connectivity index (χ0) is 25.7. The number of likely N-dealkylation sites (tertiary alicyclic amines) is 1. The number of fused-ring (bicyclic) bond motifs is 1. The molecule has 0 unspecified atom stereocenters. The Morgan fingerprint density at radius 2 is 1.83 bits per heavy atom. The molecule has 0 radical (unpaired) electrons. The summed E-state index contributed by atoms with van der Waals surface area (Å²) >= 11 is 0. The highest BCUT2D eigenvalue weighted by Crippen LogP contribution is 2.46. The number of ether oxygens (including phenoxy) is 2. The first kappa shape index (κ1) is 26.7. The van der Waals surface area contributed by atoms with Gasteiger partial charge in [0.05, 0.1) is 38.2 Å². The minimum atomic E-state index is -0.850. The third-order valence-corrected chi connectivity index (χ3v) is 7.05. The van der Waals surface area contributed by atoms with Crippen LogP contribution in [0.5, 0.6) is 5.75 Å². The lowest BCUT2D eigenvalue weighted by Gasteiger charge is -2.34. The third-order valence-electron chi connectivity index (χ3n) is 7.05. The van der Waals surface area contributed by atoms with Gasteiger partial charge in [0.2, 0.25) is 11.8 Å². The standard InChI is InChI=1S/C27H38N2O6/c1-6-17-8-13-21-23(22(17)27(33)35-7-2)26(32)29(19(15-30)14-16(3)4)24(21)25(31)28-18-9-11-20(34-5)12-10-18/h8-13,16-17,19,21-24,30H,6-7,14-15H2,1-5H3,(H,28,31)/t17-,19-,21+,22-,23+,24+/m1/s1. The van der Waals surface area contributed by atoms with Crippen molar-refractivity contribution in [3.63, 3.8) is 0 Å². The zero-order valence-electron chi connectivity index (χ0n) is 21.3. The summed E-state index contributed by atoms with van der Waals surface area (Å²) in [7, 11) is 1.57. The van der Waals surface area contributed by atoms with Crippen molar-refractivity contribution in [3.8, 4) is 5.75 Å². The Hall–Kier alpha value is -2.87. The van der Waals surface area contributed by atoms with Gasteiger partial charge in [0.1, 0.15) is 11.8 Å². The molecule has 2 amide bonds. The second-order valence-electron chi connectivity index (χ2n) is 9.71. The number of carbonyl (C=O) groups excluding carboxylic acids is 3. The Labute approximate surface area is 207 Å². The van der Waals surface area contributed by atoms with Crippen molar-refractivity contribution < 1.29 is 29.0 Å². The summed E-state index contributed by atoms with van der Waals surface area (Å²) in [6.07, 6.45) is 5.08. The maximum absolute atomic E-state index is 13.9. The van der Waals surface area contributed by atoms with E-state index in [2.05, 4.69) is 5.32 Å². The number of aliphatic hydroxyl groups is 1. The molecule has 1 saturated heterocycles. The summed E-state index contributed by atoms with van der Waals surface area (Å²) in [6, 6.07) is 5.58. The number of rotatable bonds is 10. The Morgan fingerprint density at radius 3 is 2.37 bits per heavy atom. The third kappa shape index (κ3) is 5.53. The van der Waals surface area contributed by atoms with E-state index < -0.39 is 35.8 Å². The lowest BCUT2D eigenvalue weighted by Crippen LogP contribution is -2.51. The van der Waals surface area contributed by atoms with Gasteiger partial charge in [-0.05, 0) is 55.9 Å². The summed E-state index contributed by atoms with van der Waals surface area (Å²) in [5.41, 5.74) is 0.573. The highest BCUT2D eigenvalue weighted by atomic mass is 16.5. The number of methoxy groups -OCH3 is 1. The van der Waals surface area contributed by atoms with Gasteiger partial charge in [0, 0.05) is 11.6 Å². The molecule has 1 aliphatic carbocycles. The fourth-order valence-electron chi connectivity index (χ4n) is 5.50. The molecule has 2 N–H and O–H groups in total. The largest absolute Gasteiger partial charge is 0.497 e. The SMILES string of the molecule is CCOC(=O)[C@H]1[C@H]2C(=O)N([C@@H](CO)CC(C)C)[C@H](C(=O)Nc3ccc(OC)cc3)[C@H]2C=C[C@H]1CC. The van der Waals surface area contributed by atoms with E-state index in [9.17, 15) is 19.5 Å². The van der Waals surface area contributed by atoms with E-state index in [1.165, 1.54) is 4.90 Å². The molecule has 8 nitrogen and oxygen atoms in total. The van der Waals surface area contributed by atoms with Crippen LogP contribution in [0.4, 0.5) is 5.69 Å². The first-order valence-electron chi connectivity index (χ1n) is 12.5. The van der Waals surface area contributed by atoms with Gasteiger partial charge in [-0.25, -0.2) is 0 Å². The van der Waals surface area contributed by atoms with Gasteiger partial charge in [-0.1, -0.05) is 32.9 Å². The van der Waals surface area contributed by atoms with E-state index in [0.717, 1.165) is 0 Å². The Balaban J connectivity index is 2.02. The number of allylic oxidation sites excluding steroid dienone is 1. The maximum atomic E-state index is 13.9. The molecular formula is C27H38N2O6. The van der Waals surface area contributed by atoms with Crippen LogP contribution in [-0.2, 0) is 19.1 Å². The van der Waals surface area contributed by atoms with Crippen LogP contribution in [0.3, 0.4) is 0 Å². The van der Waals surface area contributed by atoms with Crippen LogP contribution in [-0.4, -0.2) is 60.2 Å². The molecule has 1 heterocycles. The molecule has 2 aliphatic rings. The number of benzene rings is 1. The molecule has 0 aromatic heterocycles. The first-order valence-corrected chi connectivity index (χ1v) is 12.5. The van der Waals surface area contributed by atoms with Crippen LogP contribution in [0.1, 0.15) is 40.5 Å². The van der Waals surface area contributed by atoms with Crippen LogP contribution < -0.4 is 10.1 Å². The van der Waals surface area contributed by atoms with E-state index in [4.69, 9.17) is 9.47 Å². The molecule has 1 aromatic carbocycles. The first-order chi connectivity index (χ1) is 16.8. The lowest BCUT2D eigenvalue weighted by atomic mass is 9.69. The van der Waals surface area contributed by atoms with Crippen LogP contribution >= 0.6 is 0 Å². The van der Waals surface area contributed by atoms with Gasteiger partial charge in [-0.3, -0.25) is 14.4 Å². The number of aliphatic hydroxyl groups excluding tert-OH is 1. The smallest absolute Gasteiger partial charge is 0.310 e. The highest BCUT2D eigenvalue weighted by Gasteiger charge is 2.58. The van der Waals surface area contributed by atoms with Crippen molar-refractivity contribution in [2.24, 2.45) is 29.6 Å². The predicted molar refractivity (Wildman–Crippen MR) is 133 cm³/mol. The average Bonchev–Trinajstić information content (AvgIpc) is 3.14. The van der Waals surface area contributed by atoms with Gasteiger partial charge in [0.25, 0.3) is 0 Å². The van der Waals surface area contributed by atoms with E-state index in [1.54, 1.807) is 38.3 Å². The Kier molecular flexibility index (Phi) is 8.94. The Bertz CT molecular complexity index is 928. The molecule has 1 aliphatic heterocycles. The van der Waals surface area contributed by atoms with E-state index in [-0.39, 0.29) is 36.9 Å². The minimum absolute atomic E-state index is 0.151. The summed E-state index contributed by atoms with van der Waals surface area (Å²) < 4.78 is 10.6. The fraction of sp³-hybridized carbons (Fsp3) is 0.593. The van der Waals surface area contributed by atoms with Crippen LogP contribution in [0.25, 0.3) is 0 Å². The molecular weight excluding hydrogens is 448 g/mol. The minimum Gasteiger partial charge on any atom is -0.497 e. The second kappa shape index (κ2) is 11.7. The second-order valence-corrected chi connectivity index (χ2v) is 9.71. The number of hydrogen-bond donors (Lipinski definition) is 2. The van der Waals surface area contributed by atoms with Gasteiger partial charge >= 0.3 is 5.97 Å². The quantitative estimate of drug-likeness (QED) is 0.389. The molecule has 3 rings (SSSR count). The zero-order valence-corrected chi connectivity index (χ0v) is 21.3. The van der Waals surface area contributed by atoms with E-state index in [1.807, 2.05) is 32.9 Å². The van der Waals surface area contributed by atoms with Crippen molar-refractivity contribution in [2.45, 2.75) is 52.6 Å². The Morgan fingerprint density at radius 1 is 1.14 bits per heavy atom. The number of carbonyl (C=O) groups is 3. The summed E-state index contributed by atoms with van der Waals surface area (Å²) in [4.78, 5) is 42.2. The highest BCUT2D eigenvalue weighted by molar-refractivity contribution is 6.01. The maximum Gasteiger partial charge on any atom is 0.310 e. The van der Waals surface area contributed by atoms with Crippen molar-refractivity contribution in [1.82, 2.24) is 4.90 Å². The van der Waals surface area contributed by atoms with Gasteiger partial charge in [-0.15, -0.1) is 0 Å². The number of nitrogens with one attached hydrogen (secondary N) is 1. The lowest BCUT2D eigenvalue weighted by molar-refractivity contribution is -0.156. The number of nitrogens with zero attached hydrogens (tertiary/aromatic N) is 1. The van der Waals surface area contributed by atoms with Crippen LogP contribution in [0.2, 0.25) is 0 Å². The molecule has 1 fully saturated rings. The van der Waals surface area contributed by atoms with E-state index >= 15 is 0 Å². The normalized spacial score (nSPS) is 26.4. The topological polar surface area (TPSA) is 105 Å². The molecule has 6 atom stereocenters. The molecule has 0 spiro atoms. The molecule has 35 heavy (non-hydrogen) atoms. The molecule has 192 valence electrons. The van der Waals surface area contributed by atoms with Gasteiger partial charge < -0.3 is 24.8 Å². The average molecular weight is 487 g/mol. The number of anilines is 1. The fourth-order valence-corrected chi connectivity index (χ4v) is 5.50. The van der Waals surface area contributed by atoms with Gasteiger partial charge in [0.15, 0.2) is 0 Å². The molecule has 8 heteroatoms. The van der Waals surface area contributed by atoms with Crippen molar-refractivity contribution in [3.05, 3.63) is 36.4 Å². The number of esters is 1. The molecule has 0 saturated carbocycles. The van der Waals surface area contributed by atoms with Crippen molar-refractivity contribution >= 4 is 23.5 Å². The van der Waals surface area contributed by atoms with Crippen LogP contribution in [0.15, 0.2) is 36.4 Å². The van der Waals surface area contributed by atoms with Gasteiger partial charge in [-0.2, -0.15) is 0 Å². The van der Waals surface area contributed by atoms with Crippen LogP contribution in [0, 0.1) is 29.6 Å². The number of hydrogen-bond acceptors (Lipinski definition) is 6. The predicted octanol–water partition coefficient (Wildman–Crippen LogP) is 3.26. The summed E-state index contributed by atoms with van der Waals surface area (Å²) in [5.74, 6) is -2.19.